The summed E-state index contributed by atoms with van der Waals surface area (Å²) in [5, 5.41) is 2.91. The third-order valence-electron chi connectivity index (χ3n) is 5.01. The zero-order valence-corrected chi connectivity index (χ0v) is 14.9. The smallest absolute Gasteiger partial charge is 0.258 e. The second-order valence-corrected chi connectivity index (χ2v) is 7.00. The molecule has 1 aliphatic heterocycles. The van der Waals surface area contributed by atoms with Crippen LogP contribution in [0.15, 0.2) is 48.5 Å². The lowest BCUT2D eigenvalue weighted by molar-refractivity contribution is -0.123. The number of anilines is 1. The van der Waals surface area contributed by atoms with Crippen molar-refractivity contribution in [1.29, 1.82) is 0 Å². The van der Waals surface area contributed by atoms with Gasteiger partial charge in [-0.25, -0.2) is 4.39 Å². The summed E-state index contributed by atoms with van der Waals surface area (Å²) in [5.41, 5.74) is 1.76. The molecule has 0 spiro atoms. The average molecular weight is 368 g/mol. The van der Waals surface area contributed by atoms with Crippen LogP contribution in [0.25, 0.3) is 0 Å². The molecule has 0 bridgehead atoms. The molecular weight excluding hydrogens is 347 g/mol. The number of hydrogen-bond acceptors (Lipinski definition) is 3. The van der Waals surface area contributed by atoms with Gasteiger partial charge in [0.2, 0.25) is 5.91 Å². The van der Waals surface area contributed by atoms with E-state index < -0.39 is 0 Å². The first-order valence-corrected chi connectivity index (χ1v) is 9.18. The molecule has 27 heavy (non-hydrogen) atoms. The second-order valence-electron chi connectivity index (χ2n) is 7.00. The number of benzene rings is 2. The van der Waals surface area contributed by atoms with E-state index in [1.165, 1.54) is 12.1 Å². The Labute approximate surface area is 157 Å². The van der Waals surface area contributed by atoms with Gasteiger partial charge in [-0.3, -0.25) is 9.59 Å². The fraction of sp³-hybridized carbons (Fsp3) is 0.333. The molecule has 1 aliphatic carbocycles. The minimum atomic E-state index is -0.258. The van der Waals surface area contributed by atoms with Crippen LogP contribution in [0.3, 0.4) is 0 Å². The van der Waals surface area contributed by atoms with Crippen molar-refractivity contribution in [2.24, 2.45) is 0 Å². The van der Waals surface area contributed by atoms with Gasteiger partial charge in [-0.2, -0.15) is 0 Å². The van der Waals surface area contributed by atoms with E-state index in [0.29, 0.717) is 12.2 Å². The minimum absolute atomic E-state index is 0.0338. The van der Waals surface area contributed by atoms with Crippen molar-refractivity contribution in [3.05, 3.63) is 59.9 Å². The summed E-state index contributed by atoms with van der Waals surface area (Å²) >= 11 is 0. The lowest BCUT2D eigenvalue weighted by atomic mass is 10.1. The number of carbonyl (C=O) groups excluding carboxylic acids is 2. The van der Waals surface area contributed by atoms with Gasteiger partial charge >= 0.3 is 0 Å². The molecule has 1 saturated carbocycles. The Balaban J connectivity index is 1.24. The van der Waals surface area contributed by atoms with Gasteiger partial charge in [0.15, 0.2) is 6.61 Å². The van der Waals surface area contributed by atoms with Crippen molar-refractivity contribution in [2.75, 3.05) is 18.1 Å². The third-order valence-corrected chi connectivity index (χ3v) is 5.01. The predicted octanol–water partition coefficient (Wildman–Crippen LogP) is 3.00. The van der Waals surface area contributed by atoms with E-state index in [9.17, 15) is 14.0 Å². The Morgan fingerprint density at radius 1 is 1.22 bits per heavy atom. The van der Waals surface area contributed by atoms with Crippen LogP contribution < -0.4 is 15.0 Å². The van der Waals surface area contributed by atoms with E-state index in [0.717, 1.165) is 30.6 Å². The van der Waals surface area contributed by atoms with E-state index >= 15 is 0 Å². The fourth-order valence-corrected chi connectivity index (χ4v) is 3.50. The van der Waals surface area contributed by atoms with E-state index in [1.807, 2.05) is 18.2 Å². The molecule has 0 aromatic heterocycles. The summed E-state index contributed by atoms with van der Waals surface area (Å²) in [6, 6.07) is 13.7. The third kappa shape index (κ3) is 4.10. The van der Waals surface area contributed by atoms with Gasteiger partial charge in [-0.05, 0) is 54.8 Å². The number of amides is 2. The quantitative estimate of drug-likeness (QED) is 0.853. The summed E-state index contributed by atoms with van der Waals surface area (Å²) in [6.07, 6.45) is 2.29. The van der Waals surface area contributed by atoms with Gasteiger partial charge in [0.05, 0.1) is 0 Å². The Morgan fingerprint density at radius 3 is 2.74 bits per heavy atom. The van der Waals surface area contributed by atoms with Crippen LogP contribution >= 0.6 is 0 Å². The first-order valence-electron chi connectivity index (χ1n) is 9.18. The summed E-state index contributed by atoms with van der Waals surface area (Å²) in [4.78, 5) is 25.6. The molecule has 2 atom stereocenters. The highest BCUT2D eigenvalue weighted by Crippen LogP contribution is 2.40. The van der Waals surface area contributed by atoms with Crippen molar-refractivity contribution < 1.29 is 18.7 Å². The summed E-state index contributed by atoms with van der Waals surface area (Å²) in [7, 11) is 0. The Kier molecular flexibility index (Phi) is 4.79. The average Bonchev–Trinajstić information content (AvgIpc) is 3.30. The first kappa shape index (κ1) is 17.5. The van der Waals surface area contributed by atoms with Crippen LogP contribution in [0.1, 0.15) is 30.7 Å². The van der Waals surface area contributed by atoms with Crippen molar-refractivity contribution in [1.82, 2.24) is 5.32 Å². The van der Waals surface area contributed by atoms with Gasteiger partial charge in [0.25, 0.3) is 5.91 Å². The van der Waals surface area contributed by atoms with Crippen LogP contribution in [0.2, 0.25) is 0 Å². The van der Waals surface area contributed by atoms with Crippen LogP contribution in [0, 0.1) is 5.82 Å². The maximum atomic E-state index is 13.3. The van der Waals surface area contributed by atoms with Gasteiger partial charge in [0, 0.05) is 30.6 Å². The highest BCUT2D eigenvalue weighted by Gasteiger charge is 2.39. The second kappa shape index (κ2) is 7.39. The van der Waals surface area contributed by atoms with Gasteiger partial charge < -0.3 is 15.0 Å². The van der Waals surface area contributed by atoms with Crippen molar-refractivity contribution in [3.8, 4) is 5.75 Å². The predicted molar refractivity (Wildman–Crippen MR) is 99.2 cm³/mol. The largest absolute Gasteiger partial charge is 0.484 e. The number of nitrogens with zero attached hydrogens (tertiary/aromatic N) is 1. The molecule has 1 N–H and O–H groups in total. The highest BCUT2D eigenvalue weighted by molar-refractivity contribution is 5.95. The molecule has 2 aliphatic rings. The highest BCUT2D eigenvalue weighted by atomic mass is 19.1. The lowest BCUT2D eigenvalue weighted by Gasteiger charge is -2.16. The first-order chi connectivity index (χ1) is 13.1. The maximum Gasteiger partial charge on any atom is 0.258 e. The number of hydrogen-bond donors (Lipinski definition) is 1. The molecule has 4 rings (SSSR count). The van der Waals surface area contributed by atoms with E-state index in [4.69, 9.17) is 4.74 Å². The summed E-state index contributed by atoms with van der Waals surface area (Å²) in [5.74, 6) is 0.435. The number of halogens is 1. The van der Waals surface area contributed by atoms with Crippen LogP contribution in [-0.2, 0) is 9.59 Å². The van der Waals surface area contributed by atoms with Crippen molar-refractivity contribution in [2.45, 2.75) is 31.2 Å². The SMILES string of the molecule is O=C(COc1ccc(N2CCCC2=O)cc1)N[C@@H]1C[C@H]1c1cccc(F)c1. The Hall–Kier alpha value is -2.89. The molecule has 140 valence electrons. The molecular formula is C21H21FN2O3. The van der Waals surface area contributed by atoms with Crippen LogP contribution in [0.5, 0.6) is 5.75 Å². The topological polar surface area (TPSA) is 58.6 Å². The molecule has 1 heterocycles. The molecule has 1 saturated heterocycles. The molecule has 2 aromatic carbocycles. The van der Waals surface area contributed by atoms with E-state index in [2.05, 4.69) is 5.32 Å². The standard InChI is InChI=1S/C21H21FN2O3/c22-15-4-1-3-14(11-15)18-12-19(18)23-20(25)13-27-17-8-6-16(7-9-17)24-10-2-5-21(24)26/h1,3-4,6-9,11,18-19H,2,5,10,12-13H2,(H,23,25)/t18-,19+/m0/s1. The summed E-state index contributed by atoms with van der Waals surface area (Å²) in [6.45, 7) is 0.670. The van der Waals surface area contributed by atoms with Crippen LogP contribution in [-0.4, -0.2) is 31.0 Å². The Bertz CT molecular complexity index is 853. The van der Waals surface area contributed by atoms with Crippen molar-refractivity contribution >= 4 is 17.5 Å². The molecule has 5 nitrogen and oxygen atoms in total. The number of carbonyl (C=O) groups is 2. The van der Waals surface area contributed by atoms with E-state index in [-0.39, 0.29) is 36.2 Å². The summed E-state index contributed by atoms with van der Waals surface area (Å²) < 4.78 is 18.8. The lowest BCUT2D eigenvalue weighted by Crippen LogP contribution is -2.31. The Morgan fingerprint density at radius 2 is 2.04 bits per heavy atom. The van der Waals surface area contributed by atoms with Gasteiger partial charge in [-0.15, -0.1) is 0 Å². The normalized spacial score (nSPS) is 21.2. The number of nitrogens with one attached hydrogen (secondary N) is 1. The zero-order chi connectivity index (χ0) is 18.8. The molecule has 0 unspecified atom stereocenters. The molecule has 2 fully saturated rings. The zero-order valence-electron chi connectivity index (χ0n) is 14.9. The van der Waals surface area contributed by atoms with Gasteiger partial charge in [-0.1, -0.05) is 12.1 Å². The molecule has 0 radical (unpaired) electrons. The van der Waals surface area contributed by atoms with Gasteiger partial charge in [0.1, 0.15) is 11.6 Å². The number of rotatable bonds is 6. The number of ether oxygens (including phenoxy) is 1. The molecule has 6 heteroatoms. The molecule has 2 aromatic rings. The maximum absolute atomic E-state index is 13.3. The molecule has 2 amide bonds. The van der Waals surface area contributed by atoms with Crippen molar-refractivity contribution in [3.63, 3.8) is 0 Å². The fourth-order valence-electron chi connectivity index (χ4n) is 3.50. The minimum Gasteiger partial charge on any atom is -0.484 e. The van der Waals surface area contributed by atoms with Crippen LogP contribution in [0.4, 0.5) is 10.1 Å². The van der Waals surface area contributed by atoms with E-state index in [1.54, 1.807) is 23.1 Å². The monoisotopic (exact) mass is 368 g/mol.